The molecule has 0 saturated carbocycles. The summed E-state index contributed by atoms with van der Waals surface area (Å²) >= 11 is 1.44. The van der Waals surface area contributed by atoms with Crippen molar-refractivity contribution >= 4 is 28.5 Å². The molecule has 4 rings (SSSR count). The maximum Gasteiger partial charge on any atom is 0.316 e. The summed E-state index contributed by atoms with van der Waals surface area (Å²) in [5.41, 5.74) is 1.95. The van der Waals surface area contributed by atoms with E-state index in [1.165, 1.54) is 17.1 Å². The second-order valence-corrected chi connectivity index (χ2v) is 7.38. The Kier molecular flexibility index (Phi) is 5.39. The van der Waals surface area contributed by atoms with Crippen molar-refractivity contribution < 1.29 is 13.9 Å². The van der Waals surface area contributed by atoms with Gasteiger partial charge in [-0.25, -0.2) is 0 Å². The minimum absolute atomic E-state index is 0.0318. The molecule has 0 fully saturated rings. The molecule has 1 heterocycles. The van der Waals surface area contributed by atoms with Crippen LogP contribution in [-0.4, -0.2) is 21.9 Å². The Hall–Kier alpha value is -3.12. The number of aromatic nitrogens is 2. The first-order valence-electron chi connectivity index (χ1n) is 8.84. The molecule has 3 aromatic carbocycles. The molecule has 0 saturated heterocycles. The lowest BCUT2D eigenvalue weighted by Gasteiger charge is -2.04. The molecule has 0 atom stereocenters. The molecule has 0 N–H and O–H groups in total. The van der Waals surface area contributed by atoms with E-state index in [1.54, 1.807) is 0 Å². The number of hydrogen-bond acceptors (Lipinski definition) is 6. The number of benzene rings is 3. The number of nitrogens with zero attached hydrogens (tertiary/aromatic N) is 2. The Bertz CT molecular complexity index is 1120. The minimum atomic E-state index is -0.325. The third-order valence-electron chi connectivity index (χ3n) is 4.17. The second-order valence-electron chi connectivity index (χ2n) is 6.33. The molecule has 4 aromatic rings. The van der Waals surface area contributed by atoms with Crippen LogP contribution in [0.4, 0.5) is 0 Å². The van der Waals surface area contributed by atoms with E-state index in [1.807, 2.05) is 55.5 Å². The van der Waals surface area contributed by atoms with Gasteiger partial charge in [-0.15, -0.1) is 22.0 Å². The van der Waals surface area contributed by atoms with E-state index >= 15 is 0 Å². The lowest BCUT2D eigenvalue weighted by atomic mass is 10.1. The number of aryl methyl sites for hydroxylation is 1. The lowest BCUT2D eigenvalue weighted by Crippen LogP contribution is -2.07. The van der Waals surface area contributed by atoms with Crippen molar-refractivity contribution in [2.75, 3.05) is 5.75 Å². The van der Waals surface area contributed by atoms with Crippen LogP contribution in [0.5, 0.6) is 0 Å². The summed E-state index contributed by atoms with van der Waals surface area (Å²) in [4.78, 5) is 13.1. The van der Waals surface area contributed by atoms with Gasteiger partial charge in [0.2, 0.25) is 5.89 Å². The van der Waals surface area contributed by atoms with Gasteiger partial charge in [0.1, 0.15) is 0 Å². The highest BCUT2D eigenvalue weighted by molar-refractivity contribution is 8.00. The number of carbonyl (C=O) groups is 1. The van der Waals surface area contributed by atoms with Crippen molar-refractivity contribution in [3.05, 3.63) is 78.2 Å². The zero-order valence-corrected chi connectivity index (χ0v) is 16.1. The number of rotatable bonds is 6. The van der Waals surface area contributed by atoms with Crippen molar-refractivity contribution in [3.8, 4) is 11.5 Å². The lowest BCUT2D eigenvalue weighted by molar-refractivity contribution is -0.142. The predicted molar refractivity (Wildman–Crippen MR) is 109 cm³/mol. The van der Waals surface area contributed by atoms with Crippen molar-refractivity contribution in [1.82, 2.24) is 10.2 Å². The molecule has 0 aliphatic rings. The van der Waals surface area contributed by atoms with Crippen LogP contribution in [-0.2, 0) is 16.1 Å². The zero-order valence-electron chi connectivity index (χ0n) is 15.3. The highest BCUT2D eigenvalue weighted by atomic mass is 32.2. The standard InChI is InChI=1S/C22H18N2O3S/c1-15-5-4-8-18(11-15)22-24-23-20(27-22)13-26-21(25)14-28-19-10-9-16-6-2-3-7-17(16)12-19/h2-12H,13-14H2,1H3. The van der Waals surface area contributed by atoms with Crippen LogP contribution in [0.25, 0.3) is 22.2 Å². The van der Waals surface area contributed by atoms with Gasteiger partial charge in [-0.05, 0) is 42.0 Å². The van der Waals surface area contributed by atoms with E-state index in [0.29, 0.717) is 5.89 Å². The van der Waals surface area contributed by atoms with Gasteiger partial charge in [0, 0.05) is 10.5 Å². The van der Waals surface area contributed by atoms with E-state index in [4.69, 9.17) is 9.15 Å². The van der Waals surface area contributed by atoms with E-state index < -0.39 is 0 Å². The van der Waals surface area contributed by atoms with Crippen LogP contribution >= 0.6 is 11.8 Å². The average Bonchev–Trinajstić information content (AvgIpc) is 3.20. The van der Waals surface area contributed by atoms with Crippen molar-refractivity contribution in [1.29, 1.82) is 0 Å². The molecule has 0 aliphatic carbocycles. The Labute approximate surface area is 166 Å². The summed E-state index contributed by atoms with van der Waals surface area (Å²) in [5.74, 6) is 0.589. The first-order valence-corrected chi connectivity index (χ1v) is 9.82. The molecule has 0 amide bonds. The Morgan fingerprint density at radius 3 is 2.71 bits per heavy atom. The van der Waals surface area contributed by atoms with Gasteiger partial charge >= 0.3 is 5.97 Å². The summed E-state index contributed by atoms with van der Waals surface area (Å²) in [5, 5.41) is 10.3. The number of esters is 1. The molecule has 0 aliphatic heterocycles. The highest BCUT2D eigenvalue weighted by Crippen LogP contribution is 2.24. The van der Waals surface area contributed by atoms with Crippen molar-refractivity contribution in [2.45, 2.75) is 18.4 Å². The summed E-state index contributed by atoms with van der Waals surface area (Å²) < 4.78 is 10.8. The molecule has 0 unspecified atom stereocenters. The molecule has 140 valence electrons. The van der Waals surface area contributed by atoms with Crippen LogP contribution in [0.1, 0.15) is 11.5 Å². The maximum atomic E-state index is 12.0. The van der Waals surface area contributed by atoms with Crippen LogP contribution in [0.15, 0.2) is 76.0 Å². The first-order chi connectivity index (χ1) is 13.7. The van der Waals surface area contributed by atoms with E-state index in [2.05, 4.69) is 28.4 Å². The quantitative estimate of drug-likeness (QED) is 0.340. The molecular weight excluding hydrogens is 372 g/mol. The van der Waals surface area contributed by atoms with Gasteiger partial charge in [-0.1, -0.05) is 48.0 Å². The number of fused-ring (bicyclic) bond motifs is 1. The Balaban J connectivity index is 1.31. The van der Waals surface area contributed by atoms with E-state index in [9.17, 15) is 4.79 Å². The van der Waals surface area contributed by atoms with Gasteiger partial charge in [0.25, 0.3) is 5.89 Å². The number of thioether (sulfide) groups is 1. The van der Waals surface area contributed by atoms with Crippen LogP contribution in [0, 0.1) is 6.92 Å². The fourth-order valence-corrected chi connectivity index (χ4v) is 3.53. The largest absolute Gasteiger partial charge is 0.455 e. The minimum Gasteiger partial charge on any atom is -0.455 e. The predicted octanol–water partition coefficient (Wildman–Crippen LogP) is 5.03. The normalized spacial score (nSPS) is 10.9. The molecule has 0 bridgehead atoms. The van der Waals surface area contributed by atoms with Crippen LogP contribution in [0.2, 0.25) is 0 Å². The number of carbonyl (C=O) groups excluding carboxylic acids is 1. The fourth-order valence-electron chi connectivity index (χ4n) is 2.79. The average molecular weight is 390 g/mol. The number of hydrogen-bond donors (Lipinski definition) is 0. The molecule has 0 radical (unpaired) electrons. The Morgan fingerprint density at radius 2 is 1.86 bits per heavy atom. The molecular formula is C22H18N2O3S. The van der Waals surface area contributed by atoms with Gasteiger partial charge in [0.15, 0.2) is 6.61 Å². The summed E-state index contributed by atoms with van der Waals surface area (Å²) in [6, 6.07) is 22.0. The second kappa shape index (κ2) is 8.27. The van der Waals surface area contributed by atoms with Gasteiger partial charge in [-0.3, -0.25) is 4.79 Å². The van der Waals surface area contributed by atoms with Gasteiger partial charge in [0.05, 0.1) is 5.75 Å². The van der Waals surface area contributed by atoms with Gasteiger partial charge in [-0.2, -0.15) is 0 Å². The molecule has 28 heavy (non-hydrogen) atoms. The van der Waals surface area contributed by atoms with Crippen LogP contribution < -0.4 is 0 Å². The first kappa shape index (κ1) is 18.3. The van der Waals surface area contributed by atoms with Gasteiger partial charge < -0.3 is 9.15 Å². The van der Waals surface area contributed by atoms with Crippen molar-refractivity contribution in [3.63, 3.8) is 0 Å². The van der Waals surface area contributed by atoms with E-state index in [-0.39, 0.29) is 24.2 Å². The highest BCUT2D eigenvalue weighted by Gasteiger charge is 2.11. The molecule has 6 heteroatoms. The fraction of sp³-hybridized carbons (Fsp3) is 0.136. The topological polar surface area (TPSA) is 65.2 Å². The summed E-state index contributed by atoms with van der Waals surface area (Å²) in [6.45, 7) is 1.96. The number of ether oxygens (including phenoxy) is 1. The summed E-state index contributed by atoms with van der Waals surface area (Å²) in [7, 11) is 0. The third kappa shape index (κ3) is 4.40. The Morgan fingerprint density at radius 1 is 1.00 bits per heavy atom. The van der Waals surface area contributed by atoms with E-state index in [0.717, 1.165) is 21.4 Å². The maximum absolute atomic E-state index is 12.0. The molecule has 5 nitrogen and oxygen atoms in total. The zero-order chi connectivity index (χ0) is 19.3. The van der Waals surface area contributed by atoms with Crippen LogP contribution in [0.3, 0.4) is 0 Å². The SMILES string of the molecule is Cc1cccc(-c2nnc(COC(=O)CSc3ccc4ccccc4c3)o2)c1. The third-order valence-corrected chi connectivity index (χ3v) is 5.13. The monoisotopic (exact) mass is 390 g/mol. The smallest absolute Gasteiger partial charge is 0.316 e. The van der Waals surface area contributed by atoms with Crippen molar-refractivity contribution in [2.24, 2.45) is 0 Å². The summed E-state index contributed by atoms with van der Waals surface area (Å²) in [6.07, 6.45) is 0. The molecule has 0 spiro atoms. The molecule has 1 aromatic heterocycles.